The lowest BCUT2D eigenvalue weighted by Crippen LogP contribution is -2.30. The Kier molecular flexibility index (Phi) is 2.82. The number of amides is 1. The van der Waals surface area contributed by atoms with Crippen LogP contribution in [0.25, 0.3) is 0 Å². The van der Waals surface area contributed by atoms with Gasteiger partial charge in [0.25, 0.3) is 5.91 Å². The molecule has 2 aliphatic rings. The highest BCUT2D eigenvalue weighted by molar-refractivity contribution is 5.97. The lowest BCUT2D eigenvalue weighted by molar-refractivity contribution is 0.0965. The van der Waals surface area contributed by atoms with E-state index in [0.717, 1.165) is 23.5 Å². The van der Waals surface area contributed by atoms with Crippen molar-refractivity contribution < 1.29 is 4.79 Å². The van der Waals surface area contributed by atoms with Crippen LogP contribution in [0, 0.1) is 0 Å². The molecule has 1 aromatic rings. The lowest BCUT2D eigenvalue weighted by Gasteiger charge is -2.28. The van der Waals surface area contributed by atoms with E-state index in [0.29, 0.717) is 18.6 Å². The normalized spacial score (nSPS) is 23.5. The molecule has 0 radical (unpaired) electrons. The third-order valence-electron chi connectivity index (χ3n) is 3.96. The quantitative estimate of drug-likeness (QED) is 0.865. The van der Waals surface area contributed by atoms with E-state index >= 15 is 0 Å². The minimum absolute atomic E-state index is 0.0104. The summed E-state index contributed by atoms with van der Waals surface area (Å²) in [5, 5.41) is 2.82. The van der Waals surface area contributed by atoms with E-state index < -0.39 is 0 Å². The Morgan fingerprint density at radius 2 is 2.28 bits per heavy atom. The molecule has 1 fully saturated rings. The molecular formula is C14H19N3O. The van der Waals surface area contributed by atoms with E-state index in [-0.39, 0.29) is 5.91 Å². The fraction of sp³-hybridized carbons (Fsp3) is 0.571. The van der Waals surface area contributed by atoms with E-state index in [9.17, 15) is 4.79 Å². The summed E-state index contributed by atoms with van der Waals surface area (Å²) in [5.41, 5.74) is 2.78. The van der Waals surface area contributed by atoms with Gasteiger partial charge in [0, 0.05) is 6.04 Å². The third-order valence-corrected chi connectivity index (χ3v) is 3.96. The molecule has 0 aliphatic carbocycles. The van der Waals surface area contributed by atoms with Crippen molar-refractivity contribution in [1.29, 1.82) is 0 Å². The van der Waals surface area contributed by atoms with Gasteiger partial charge in [0.1, 0.15) is 0 Å². The maximum absolute atomic E-state index is 11.5. The van der Waals surface area contributed by atoms with Crippen LogP contribution in [-0.4, -0.2) is 28.4 Å². The molecule has 3 heterocycles. The minimum atomic E-state index is 0.0104. The van der Waals surface area contributed by atoms with Gasteiger partial charge in [-0.25, -0.2) is 0 Å². The smallest absolute Gasteiger partial charge is 0.253 e. The second kappa shape index (κ2) is 4.35. The van der Waals surface area contributed by atoms with Crippen LogP contribution < -0.4 is 5.32 Å². The Labute approximate surface area is 107 Å². The van der Waals surface area contributed by atoms with Crippen molar-refractivity contribution in [2.75, 3.05) is 6.54 Å². The van der Waals surface area contributed by atoms with Gasteiger partial charge >= 0.3 is 0 Å². The van der Waals surface area contributed by atoms with E-state index in [1.54, 1.807) is 0 Å². The maximum atomic E-state index is 11.5. The SMILES string of the molecule is CC(C)N1CCCC1c1ccc2c(n1)CNC2=O. The van der Waals surface area contributed by atoms with Crippen molar-refractivity contribution >= 4 is 5.91 Å². The molecule has 1 N–H and O–H groups in total. The Hall–Kier alpha value is -1.42. The van der Waals surface area contributed by atoms with Gasteiger partial charge < -0.3 is 5.32 Å². The molecule has 18 heavy (non-hydrogen) atoms. The zero-order chi connectivity index (χ0) is 12.7. The fourth-order valence-electron chi connectivity index (χ4n) is 3.03. The molecule has 1 unspecified atom stereocenters. The van der Waals surface area contributed by atoms with Crippen LogP contribution in [-0.2, 0) is 6.54 Å². The average molecular weight is 245 g/mol. The van der Waals surface area contributed by atoms with E-state index in [1.165, 1.54) is 12.8 Å². The fourth-order valence-corrected chi connectivity index (χ4v) is 3.03. The van der Waals surface area contributed by atoms with Crippen molar-refractivity contribution in [2.45, 2.75) is 45.3 Å². The first-order valence-electron chi connectivity index (χ1n) is 6.70. The van der Waals surface area contributed by atoms with Crippen molar-refractivity contribution in [2.24, 2.45) is 0 Å². The van der Waals surface area contributed by atoms with Gasteiger partial charge in [0.05, 0.1) is 29.5 Å². The van der Waals surface area contributed by atoms with Crippen molar-refractivity contribution in [1.82, 2.24) is 15.2 Å². The number of likely N-dealkylation sites (tertiary alicyclic amines) is 1. The summed E-state index contributed by atoms with van der Waals surface area (Å²) in [6, 6.07) is 4.92. The highest BCUT2D eigenvalue weighted by atomic mass is 16.1. The first-order chi connectivity index (χ1) is 8.66. The zero-order valence-corrected chi connectivity index (χ0v) is 10.9. The molecule has 3 rings (SSSR count). The number of nitrogens with zero attached hydrogens (tertiary/aromatic N) is 2. The number of nitrogens with one attached hydrogen (secondary N) is 1. The first-order valence-corrected chi connectivity index (χ1v) is 6.70. The van der Waals surface area contributed by atoms with Crippen LogP contribution in [0.15, 0.2) is 12.1 Å². The number of aromatic nitrogens is 1. The maximum Gasteiger partial charge on any atom is 0.253 e. The van der Waals surface area contributed by atoms with Crippen molar-refractivity contribution in [3.63, 3.8) is 0 Å². The zero-order valence-electron chi connectivity index (χ0n) is 10.9. The van der Waals surface area contributed by atoms with Gasteiger partial charge in [-0.3, -0.25) is 14.7 Å². The van der Waals surface area contributed by atoms with Crippen LogP contribution >= 0.6 is 0 Å². The topological polar surface area (TPSA) is 45.2 Å². The molecule has 4 nitrogen and oxygen atoms in total. The molecule has 0 aromatic carbocycles. The second-order valence-corrected chi connectivity index (χ2v) is 5.40. The molecule has 0 spiro atoms. The predicted molar refractivity (Wildman–Crippen MR) is 69.2 cm³/mol. The molecule has 4 heteroatoms. The van der Waals surface area contributed by atoms with Gasteiger partial charge in [-0.05, 0) is 45.4 Å². The summed E-state index contributed by atoms with van der Waals surface area (Å²) in [6.45, 7) is 6.20. The highest BCUT2D eigenvalue weighted by Crippen LogP contribution is 2.33. The molecule has 1 aromatic heterocycles. The summed E-state index contributed by atoms with van der Waals surface area (Å²) in [5.74, 6) is 0.0104. The second-order valence-electron chi connectivity index (χ2n) is 5.40. The molecule has 0 bridgehead atoms. The predicted octanol–water partition coefficient (Wildman–Crippen LogP) is 1.87. The molecule has 0 saturated carbocycles. The molecule has 1 atom stereocenters. The summed E-state index contributed by atoms with van der Waals surface area (Å²) in [4.78, 5) is 18.7. The summed E-state index contributed by atoms with van der Waals surface area (Å²) in [7, 11) is 0. The van der Waals surface area contributed by atoms with Gasteiger partial charge in [0.2, 0.25) is 0 Å². The van der Waals surface area contributed by atoms with Crippen LogP contribution in [0.4, 0.5) is 0 Å². The standard InChI is InChI=1S/C14H19N3O/c1-9(2)17-7-3-4-13(17)11-6-5-10-12(16-11)8-15-14(10)18/h5-6,9,13H,3-4,7-8H2,1-2H3,(H,15,18). The highest BCUT2D eigenvalue weighted by Gasteiger charge is 2.30. The van der Waals surface area contributed by atoms with E-state index in [1.807, 2.05) is 12.1 Å². The molecule has 1 saturated heterocycles. The van der Waals surface area contributed by atoms with Crippen LogP contribution in [0.2, 0.25) is 0 Å². The largest absolute Gasteiger partial charge is 0.346 e. The molecule has 96 valence electrons. The molecule has 2 aliphatic heterocycles. The minimum Gasteiger partial charge on any atom is -0.346 e. The molecule has 1 amide bonds. The number of carbonyl (C=O) groups is 1. The van der Waals surface area contributed by atoms with E-state index in [2.05, 4.69) is 24.1 Å². The Balaban J connectivity index is 1.91. The van der Waals surface area contributed by atoms with Crippen molar-refractivity contribution in [3.05, 3.63) is 29.1 Å². The van der Waals surface area contributed by atoms with Crippen molar-refractivity contribution in [3.8, 4) is 0 Å². The van der Waals surface area contributed by atoms with Gasteiger partial charge in [0.15, 0.2) is 0 Å². The lowest BCUT2D eigenvalue weighted by atomic mass is 10.1. The number of hydrogen-bond donors (Lipinski definition) is 1. The van der Waals surface area contributed by atoms with Crippen LogP contribution in [0.5, 0.6) is 0 Å². The number of hydrogen-bond acceptors (Lipinski definition) is 3. The average Bonchev–Trinajstić information content (AvgIpc) is 2.96. The van der Waals surface area contributed by atoms with Crippen LogP contribution in [0.3, 0.4) is 0 Å². The summed E-state index contributed by atoms with van der Waals surface area (Å²) in [6.07, 6.45) is 2.41. The Bertz CT molecular complexity index is 484. The first kappa shape index (κ1) is 11.7. The number of fused-ring (bicyclic) bond motifs is 1. The summed E-state index contributed by atoms with van der Waals surface area (Å²) < 4.78 is 0. The number of rotatable bonds is 2. The third kappa shape index (κ3) is 1.81. The Morgan fingerprint density at radius 3 is 3.06 bits per heavy atom. The van der Waals surface area contributed by atoms with Gasteiger partial charge in [-0.1, -0.05) is 0 Å². The van der Waals surface area contributed by atoms with E-state index in [4.69, 9.17) is 4.98 Å². The monoisotopic (exact) mass is 245 g/mol. The Morgan fingerprint density at radius 1 is 1.44 bits per heavy atom. The molecular weight excluding hydrogens is 226 g/mol. The van der Waals surface area contributed by atoms with Gasteiger partial charge in [-0.15, -0.1) is 0 Å². The summed E-state index contributed by atoms with van der Waals surface area (Å²) >= 11 is 0. The number of pyridine rings is 1. The van der Waals surface area contributed by atoms with Crippen LogP contribution in [0.1, 0.15) is 54.5 Å². The number of carbonyl (C=O) groups excluding carboxylic acids is 1. The van der Waals surface area contributed by atoms with Gasteiger partial charge in [-0.2, -0.15) is 0 Å².